The molecule has 1 fully saturated rings. The van der Waals surface area contributed by atoms with Gasteiger partial charge in [0, 0.05) is 0 Å². The van der Waals surface area contributed by atoms with Gasteiger partial charge in [-0.25, -0.2) is 0 Å². The van der Waals surface area contributed by atoms with Crippen molar-refractivity contribution in [2.75, 3.05) is 26.4 Å². The summed E-state index contributed by atoms with van der Waals surface area (Å²) in [7, 11) is 0. The fraction of sp³-hybridized carbons (Fsp3) is 0.875. The van der Waals surface area contributed by atoms with Crippen LogP contribution in [-0.4, -0.2) is 50.3 Å². The van der Waals surface area contributed by atoms with Crippen molar-refractivity contribution in [3.05, 3.63) is 0 Å². The molecule has 0 aromatic carbocycles. The molecule has 1 aliphatic rings. The van der Waals surface area contributed by atoms with Crippen molar-refractivity contribution in [3.8, 4) is 0 Å². The van der Waals surface area contributed by atoms with E-state index < -0.39 is 17.8 Å². The SMILES string of the molecule is CCOC(=O)C(C(C)C)C(C(=O)OCC)C(C)(C)C.CCOC(=O)C(C(C)C)C(C(=O)OCC)C1CCCCC1. The molecule has 40 heavy (non-hydrogen) atoms. The van der Waals surface area contributed by atoms with E-state index in [1.165, 1.54) is 6.42 Å². The molecule has 8 heteroatoms. The van der Waals surface area contributed by atoms with E-state index >= 15 is 0 Å². The predicted molar refractivity (Wildman–Crippen MR) is 156 cm³/mol. The Morgan fingerprint density at radius 2 is 0.975 bits per heavy atom. The van der Waals surface area contributed by atoms with E-state index in [2.05, 4.69) is 0 Å². The topological polar surface area (TPSA) is 105 Å². The van der Waals surface area contributed by atoms with E-state index in [0.29, 0.717) is 26.4 Å². The summed E-state index contributed by atoms with van der Waals surface area (Å²) in [5.41, 5.74) is -0.353. The maximum Gasteiger partial charge on any atom is 0.310 e. The van der Waals surface area contributed by atoms with Gasteiger partial charge in [-0.3, -0.25) is 19.2 Å². The summed E-state index contributed by atoms with van der Waals surface area (Å²) in [4.78, 5) is 49.2. The lowest BCUT2D eigenvalue weighted by Crippen LogP contribution is -2.43. The molecule has 0 N–H and O–H groups in total. The number of carbonyl (C=O) groups excluding carboxylic acids is 4. The lowest BCUT2D eigenvalue weighted by molar-refractivity contribution is -0.167. The zero-order chi connectivity index (χ0) is 31.0. The van der Waals surface area contributed by atoms with Gasteiger partial charge in [0.15, 0.2) is 0 Å². The quantitative estimate of drug-likeness (QED) is 0.179. The zero-order valence-corrected chi connectivity index (χ0v) is 27.2. The summed E-state index contributed by atoms with van der Waals surface area (Å²) in [5.74, 6) is -2.50. The van der Waals surface area contributed by atoms with Crippen LogP contribution in [0.25, 0.3) is 0 Å². The first kappa shape index (κ1) is 37.9. The minimum Gasteiger partial charge on any atom is -0.466 e. The van der Waals surface area contributed by atoms with Crippen molar-refractivity contribution < 1.29 is 38.1 Å². The maximum atomic E-state index is 12.5. The lowest BCUT2D eigenvalue weighted by atomic mass is 9.69. The van der Waals surface area contributed by atoms with Gasteiger partial charge in [-0.05, 0) is 63.7 Å². The Morgan fingerprint density at radius 1 is 0.600 bits per heavy atom. The van der Waals surface area contributed by atoms with Gasteiger partial charge in [0.05, 0.1) is 50.1 Å². The van der Waals surface area contributed by atoms with Crippen LogP contribution in [0.1, 0.15) is 108 Å². The highest BCUT2D eigenvalue weighted by atomic mass is 16.5. The fourth-order valence-electron chi connectivity index (χ4n) is 5.74. The molecule has 8 nitrogen and oxygen atoms in total. The van der Waals surface area contributed by atoms with Crippen LogP contribution < -0.4 is 0 Å². The van der Waals surface area contributed by atoms with Crippen molar-refractivity contribution in [2.45, 2.75) is 108 Å². The first-order valence-corrected chi connectivity index (χ1v) is 15.4. The highest BCUT2D eigenvalue weighted by Crippen LogP contribution is 2.39. The van der Waals surface area contributed by atoms with Crippen LogP contribution in [0.5, 0.6) is 0 Å². The highest BCUT2D eigenvalue weighted by molar-refractivity contribution is 5.83. The number of hydrogen-bond donors (Lipinski definition) is 0. The van der Waals surface area contributed by atoms with E-state index in [1.54, 1.807) is 20.8 Å². The van der Waals surface area contributed by atoms with Crippen molar-refractivity contribution in [3.63, 3.8) is 0 Å². The second kappa shape index (κ2) is 19.1. The Kier molecular flexibility index (Phi) is 18.1. The van der Waals surface area contributed by atoms with Crippen LogP contribution in [0.4, 0.5) is 0 Å². The van der Waals surface area contributed by atoms with Gasteiger partial charge in [0.1, 0.15) is 0 Å². The smallest absolute Gasteiger partial charge is 0.310 e. The third-order valence-corrected chi connectivity index (χ3v) is 7.49. The average Bonchev–Trinajstić information content (AvgIpc) is 2.85. The summed E-state index contributed by atoms with van der Waals surface area (Å²) in [6.45, 7) is 22.2. The fourth-order valence-corrected chi connectivity index (χ4v) is 5.74. The minimum absolute atomic E-state index is 0.0210. The second-order valence-electron chi connectivity index (χ2n) is 12.3. The number of rotatable bonds is 13. The van der Waals surface area contributed by atoms with E-state index in [9.17, 15) is 19.2 Å². The van der Waals surface area contributed by atoms with E-state index in [0.717, 1.165) is 25.7 Å². The van der Waals surface area contributed by atoms with E-state index in [-0.39, 0.29) is 53.0 Å². The van der Waals surface area contributed by atoms with Gasteiger partial charge in [-0.15, -0.1) is 0 Å². The van der Waals surface area contributed by atoms with Gasteiger partial charge >= 0.3 is 23.9 Å². The summed E-state index contributed by atoms with van der Waals surface area (Å²) >= 11 is 0. The van der Waals surface area contributed by atoms with Crippen molar-refractivity contribution >= 4 is 23.9 Å². The number of carbonyl (C=O) groups is 4. The first-order valence-electron chi connectivity index (χ1n) is 15.4. The molecule has 0 aliphatic heterocycles. The third kappa shape index (κ3) is 12.2. The Morgan fingerprint density at radius 3 is 1.35 bits per heavy atom. The molecular weight excluding hydrogens is 512 g/mol. The van der Waals surface area contributed by atoms with E-state index in [4.69, 9.17) is 18.9 Å². The summed E-state index contributed by atoms with van der Waals surface area (Å²) in [6.07, 6.45) is 5.50. The van der Waals surface area contributed by atoms with Crippen molar-refractivity contribution in [1.29, 1.82) is 0 Å². The molecule has 0 spiro atoms. The first-order chi connectivity index (χ1) is 18.7. The zero-order valence-electron chi connectivity index (χ0n) is 27.2. The Labute approximate surface area is 243 Å². The van der Waals surface area contributed by atoms with Crippen molar-refractivity contribution in [2.24, 2.45) is 46.8 Å². The molecule has 0 saturated heterocycles. The van der Waals surface area contributed by atoms with Gasteiger partial charge < -0.3 is 18.9 Å². The highest BCUT2D eigenvalue weighted by Gasteiger charge is 2.45. The lowest BCUT2D eigenvalue weighted by Gasteiger charge is -2.35. The molecule has 0 bridgehead atoms. The van der Waals surface area contributed by atoms with Crippen LogP contribution in [-0.2, 0) is 38.1 Å². The van der Waals surface area contributed by atoms with Gasteiger partial charge in [0.25, 0.3) is 0 Å². The molecule has 0 radical (unpaired) electrons. The predicted octanol–water partition coefficient (Wildman–Crippen LogP) is 6.63. The van der Waals surface area contributed by atoms with Crippen LogP contribution in [0.3, 0.4) is 0 Å². The number of ether oxygens (including phenoxy) is 4. The minimum atomic E-state index is -0.494. The Bertz CT molecular complexity index is 761. The molecular formula is C32H58O8. The summed E-state index contributed by atoms with van der Waals surface area (Å²) in [5, 5.41) is 0. The summed E-state index contributed by atoms with van der Waals surface area (Å²) in [6, 6.07) is 0. The monoisotopic (exact) mass is 570 g/mol. The van der Waals surface area contributed by atoms with Gasteiger partial charge in [-0.1, -0.05) is 67.7 Å². The molecule has 0 amide bonds. The van der Waals surface area contributed by atoms with Crippen molar-refractivity contribution in [1.82, 2.24) is 0 Å². The Balaban J connectivity index is 0.000000765. The molecule has 234 valence electrons. The standard InChI is InChI=1S/C17H30O4.C15H28O4/c1-5-20-16(18)14(12(3)4)15(17(19)21-6-2)13-10-8-7-9-11-13;1-8-18-13(16)11(10(3)4)12(15(5,6)7)14(17)19-9-2/h12-15H,5-11H2,1-4H3;10-12H,8-9H2,1-7H3. The number of hydrogen-bond acceptors (Lipinski definition) is 8. The van der Waals surface area contributed by atoms with Crippen LogP contribution >= 0.6 is 0 Å². The molecule has 4 atom stereocenters. The third-order valence-electron chi connectivity index (χ3n) is 7.49. The molecule has 0 aromatic heterocycles. The molecule has 0 aromatic rings. The maximum absolute atomic E-state index is 12.5. The molecule has 1 aliphatic carbocycles. The van der Waals surface area contributed by atoms with Crippen LogP contribution in [0.15, 0.2) is 0 Å². The normalized spacial score (nSPS) is 17.1. The average molecular weight is 571 g/mol. The van der Waals surface area contributed by atoms with Gasteiger partial charge in [-0.2, -0.15) is 0 Å². The molecule has 1 saturated carbocycles. The molecule has 1 rings (SSSR count). The molecule has 0 heterocycles. The second-order valence-corrected chi connectivity index (χ2v) is 12.3. The van der Waals surface area contributed by atoms with Crippen LogP contribution in [0.2, 0.25) is 0 Å². The molecule has 4 unspecified atom stereocenters. The number of esters is 4. The van der Waals surface area contributed by atoms with Crippen LogP contribution in [0, 0.1) is 46.8 Å². The van der Waals surface area contributed by atoms with Gasteiger partial charge in [0.2, 0.25) is 0 Å². The Hall–Kier alpha value is -2.12. The summed E-state index contributed by atoms with van der Waals surface area (Å²) < 4.78 is 20.8. The van der Waals surface area contributed by atoms with E-state index in [1.807, 2.05) is 55.4 Å². The largest absolute Gasteiger partial charge is 0.466 e.